The van der Waals surface area contributed by atoms with Gasteiger partial charge in [-0.2, -0.15) is 0 Å². The first kappa shape index (κ1) is 23.8. The molecule has 0 radical (unpaired) electrons. The summed E-state index contributed by atoms with van der Waals surface area (Å²) in [6.07, 6.45) is 6.75. The van der Waals surface area contributed by atoms with E-state index in [4.69, 9.17) is 5.21 Å². The molecule has 0 saturated heterocycles. The molecule has 1 amide bonds. The third kappa shape index (κ3) is 4.95. The Hall–Kier alpha value is -3.31. The van der Waals surface area contributed by atoms with E-state index in [1.807, 2.05) is 35.1 Å². The summed E-state index contributed by atoms with van der Waals surface area (Å²) in [6, 6.07) is 10.9. The van der Waals surface area contributed by atoms with Crippen molar-refractivity contribution in [3.8, 4) is 22.4 Å². The minimum absolute atomic E-state index is 0.00838. The number of carbonyl (C=O) groups excluding carboxylic acids is 1. The Morgan fingerprint density at radius 2 is 1.85 bits per heavy atom. The highest BCUT2D eigenvalue weighted by Gasteiger charge is 2.43. The lowest BCUT2D eigenvalue weighted by Crippen LogP contribution is -2.49. The molecule has 1 aliphatic rings. The predicted octanol–water partition coefficient (Wildman–Crippen LogP) is 1.88. The number of hydrogen-bond acceptors (Lipinski definition) is 7. The van der Waals surface area contributed by atoms with Gasteiger partial charge in [-0.05, 0) is 49.3 Å². The highest BCUT2D eigenvalue weighted by molar-refractivity contribution is 7.92. The van der Waals surface area contributed by atoms with Crippen LogP contribution in [0.15, 0.2) is 53.6 Å². The van der Waals surface area contributed by atoms with E-state index in [1.54, 1.807) is 12.3 Å². The number of aryl methyl sites for hydroxylation is 1. The fourth-order valence-corrected chi connectivity index (χ4v) is 4.55. The lowest BCUT2D eigenvalue weighted by atomic mass is 10.0. The second-order valence-corrected chi connectivity index (χ2v) is 11.4. The van der Waals surface area contributed by atoms with Crippen LogP contribution in [0, 0.1) is 5.92 Å². The number of hydroxylamine groups is 1. The molecule has 1 atom stereocenters. The third-order valence-corrected chi connectivity index (χ3v) is 8.45. The quantitative estimate of drug-likeness (QED) is 0.349. The maximum atomic E-state index is 12.6. The van der Waals surface area contributed by atoms with E-state index in [9.17, 15) is 18.0 Å². The van der Waals surface area contributed by atoms with Crippen LogP contribution < -0.4 is 11.0 Å². The molecule has 1 aromatic carbocycles. The average molecular weight is 486 g/mol. The highest BCUT2D eigenvalue weighted by Crippen LogP contribution is 2.31. The average Bonchev–Trinajstić information content (AvgIpc) is 3.50. The minimum atomic E-state index is -3.84. The van der Waals surface area contributed by atoms with Crippen molar-refractivity contribution in [3.05, 3.63) is 59.1 Å². The van der Waals surface area contributed by atoms with Gasteiger partial charge in [0.1, 0.15) is 5.69 Å². The van der Waals surface area contributed by atoms with Crippen molar-refractivity contribution in [2.45, 2.75) is 44.0 Å². The molecule has 34 heavy (non-hydrogen) atoms. The molecule has 1 unspecified atom stereocenters. The van der Waals surface area contributed by atoms with Gasteiger partial charge in [0.25, 0.3) is 11.5 Å². The molecule has 0 bridgehead atoms. The topological polar surface area (TPSA) is 136 Å². The van der Waals surface area contributed by atoms with Crippen LogP contribution >= 0.6 is 0 Å². The van der Waals surface area contributed by atoms with E-state index in [2.05, 4.69) is 10.3 Å². The molecule has 11 heteroatoms. The molecule has 2 aromatic heterocycles. The Bertz CT molecular complexity index is 1360. The molecule has 180 valence electrons. The summed E-state index contributed by atoms with van der Waals surface area (Å²) in [6.45, 7) is 2.11. The van der Waals surface area contributed by atoms with Gasteiger partial charge in [-0.15, -0.1) is 5.10 Å². The number of sulfone groups is 1. The second kappa shape index (κ2) is 9.15. The molecular weight excluding hydrogens is 458 g/mol. The van der Waals surface area contributed by atoms with Gasteiger partial charge < -0.3 is 4.57 Å². The Kier molecular flexibility index (Phi) is 6.41. The van der Waals surface area contributed by atoms with Crippen LogP contribution in [-0.2, 0) is 27.7 Å². The number of benzene rings is 1. The van der Waals surface area contributed by atoms with Crippen molar-refractivity contribution in [1.29, 1.82) is 0 Å². The molecular formula is C23H27N5O5S. The van der Waals surface area contributed by atoms with Gasteiger partial charge in [-0.3, -0.25) is 19.5 Å². The van der Waals surface area contributed by atoms with Crippen molar-refractivity contribution in [2.24, 2.45) is 5.92 Å². The van der Waals surface area contributed by atoms with Crippen molar-refractivity contribution in [1.82, 2.24) is 25.0 Å². The summed E-state index contributed by atoms with van der Waals surface area (Å²) in [5, 5.41) is 17.4. The van der Waals surface area contributed by atoms with Crippen LogP contribution in [0.4, 0.5) is 0 Å². The lowest BCUT2D eigenvalue weighted by Gasteiger charge is -2.25. The molecule has 4 rings (SSSR count). The summed E-state index contributed by atoms with van der Waals surface area (Å²) in [7, 11) is -3.84. The van der Waals surface area contributed by atoms with Crippen molar-refractivity contribution in [2.75, 3.05) is 6.26 Å². The van der Waals surface area contributed by atoms with Crippen LogP contribution in [0.5, 0.6) is 0 Å². The lowest BCUT2D eigenvalue weighted by molar-refractivity contribution is -0.131. The largest absolute Gasteiger partial charge is 0.315 e. The number of hydrogen-bond donors (Lipinski definition) is 2. The van der Waals surface area contributed by atoms with Crippen molar-refractivity contribution >= 4 is 15.7 Å². The van der Waals surface area contributed by atoms with Gasteiger partial charge in [0.05, 0.1) is 6.20 Å². The summed E-state index contributed by atoms with van der Waals surface area (Å²) in [4.78, 5) is 24.6. The van der Waals surface area contributed by atoms with Crippen molar-refractivity contribution < 1.29 is 18.4 Å². The van der Waals surface area contributed by atoms with E-state index in [0.29, 0.717) is 11.5 Å². The molecule has 2 heterocycles. The Labute approximate surface area is 197 Å². The Balaban J connectivity index is 1.48. The fourth-order valence-electron chi connectivity index (χ4n) is 3.71. The number of amides is 1. The van der Waals surface area contributed by atoms with Crippen LogP contribution in [0.25, 0.3) is 22.4 Å². The first-order valence-corrected chi connectivity index (χ1v) is 12.9. The maximum Gasteiger partial charge on any atom is 0.264 e. The zero-order valence-electron chi connectivity index (χ0n) is 19.0. The smallest absolute Gasteiger partial charge is 0.264 e. The van der Waals surface area contributed by atoms with E-state index < -0.39 is 20.5 Å². The minimum Gasteiger partial charge on any atom is -0.315 e. The van der Waals surface area contributed by atoms with Crippen LogP contribution in [0.3, 0.4) is 0 Å². The number of nitrogens with zero attached hydrogens (tertiary/aromatic N) is 4. The third-order valence-electron chi connectivity index (χ3n) is 6.42. The van der Waals surface area contributed by atoms with E-state index in [-0.39, 0.29) is 18.5 Å². The summed E-state index contributed by atoms with van der Waals surface area (Å²) >= 11 is 0. The summed E-state index contributed by atoms with van der Waals surface area (Å²) in [5.41, 5.74) is 4.36. The normalized spacial score (nSPS) is 15.6. The standard InChI is InChI=1S/C23H27N5O5S/c1-23(22(30)25-31,34(2,32)33)10-12-27-11-9-19(13-21(27)29)17-5-7-18(8-6-17)20-15-28(26-24-20)14-16-3-4-16/h5-9,11,13,15-16,31H,3-4,10,12,14H2,1-2H3,(H,25,30). The fraction of sp³-hybridized carbons (Fsp3) is 0.391. The van der Waals surface area contributed by atoms with Gasteiger partial charge in [-0.25, -0.2) is 13.9 Å². The SMILES string of the molecule is CC(CCn1ccc(-c2ccc(-c3cn(CC4CC4)nn3)cc2)cc1=O)(C(=O)NO)S(C)(=O)=O. The number of aromatic nitrogens is 4. The molecule has 2 N–H and O–H groups in total. The summed E-state index contributed by atoms with van der Waals surface area (Å²) in [5.74, 6) is -0.321. The molecule has 1 saturated carbocycles. The zero-order chi connectivity index (χ0) is 24.5. The molecule has 10 nitrogen and oxygen atoms in total. The van der Waals surface area contributed by atoms with Crippen LogP contribution in [0.1, 0.15) is 26.2 Å². The molecule has 1 aliphatic carbocycles. The van der Waals surface area contributed by atoms with Gasteiger partial charge in [0.2, 0.25) is 0 Å². The van der Waals surface area contributed by atoms with Gasteiger partial charge in [0, 0.05) is 37.2 Å². The monoisotopic (exact) mass is 485 g/mol. The van der Waals surface area contributed by atoms with Gasteiger partial charge >= 0.3 is 0 Å². The van der Waals surface area contributed by atoms with Crippen LogP contribution in [-0.4, -0.2) is 50.1 Å². The zero-order valence-corrected chi connectivity index (χ0v) is 19.8. The number of nitrogens with one attached hydrogen (secondary N) is 1. The van der Waals surface area contributed by atoms with Crippen molar-refractivity contribution in [3.63, 3.8) is 0 Å². The Morgan fingerprint density at radius 1 is 1.18 bits per heavy atom. The maximum absolute atomic E-state index is 12.6. The van der Waals surface area contributed by atoms with Crippen LogP contribution in [0.2, 0.25) is 0 Å². The summed E-state index contributed by atoms with van der Waals surface area (Å²) < 4.78 is 25.6. The molecule has 0 aliphatic heterocycles. The number of carbonyl (C=O) groups is 1. The number of rotatable bonds is 9. The highest BCUT2D eigenvalue weighted by atomic mass is 32.2. The number of pyridine rings is 1. The van der Waals surface area contributed by atoms with Gasteiger partial charge in [-0.1, -0.05) is 29.5 Å². The molecule has 1 fully saturated rings. The molecule has 3 aromatic rings. The van der Waals surface area contributed by atoms with E-state index in [0.717, 1.165) is 29.6 Å². The van der Waals surface area contributed by atoms with E-state index in [1.165, 1.54) is 35.9 Å². The first-order valence-electron chi connectivity index (χ1n) is 11.0. The van der Waals surface area contributed by atoms with Gasteiger partial charge in [0.15, 0.2) is 14.6 Å². The first-order chi connectivity index (χ1) is 16.1. The predicted molar refractivity (Wildman–Crippen MR) is 126 cm³/mol. The Morgan fingerprint density at radius 3 is 2.44 bits per heavy atom. The molecule has 0 spiro atoms. The van der Waals surface area contributed by atoms with E-state index >= 15 is 0 Å². The second-order valence-electron chi connectivity index (χ2n) is 8.99.